The fourth-order valence-corrected chi connectivity index (χ4v) is 3.22. The number of hydrogen-bond acceptors (Lipinski definition) is 5. The summed E-state index contributed by atoms with van der Waals surface area (Å²) in [6, 6.07) is 5.07. The van der Waals surface area contributed by atoms with Crippen molar-refractivity contribution in [2.75, 3.05) is 26.7 Å². The lowest BCUT2D eigenvalue weighted by atomic mass is 10.1. The Morgan fingerprint density at radius 1 is 1.42 bits per heavy atom. The van der Waals surface area contributed by atoms with E-state index >= 15 is 0 Å². The third kappa shape index (κ3) is 4.01. The number of hydrogen-bond donors (Lipinski definition) is 2. The van der Waals surface area contributed by atoms with Crippen LogP contribution in [0, 0.1) is 12.7 Å². The molecule has 0 bridgehead atoms. The summed E-state index contributed by atoms with van der Waals surface area (Å²) in [5.41, 5.74) is 1.92. The normalized spacial score (nSPS) is 15.0. The van der Waals surface area contributed by atoms with Crippen LogP contribution in [0.4, 0.5) is 4.39 Å². The van der Waals surface area contributed by atoms with Crippen molar-refractivity contribution in [3.63, 3.8) is 0 Å². The zero-order valence-electron chi connectivity index (χ0n) is 15.1. The average molecular weight is 361 g/mol. The quantitative estimate of drug-likeness (QED) is 0.817. The van der Waals surface area contributed by atoms with Crippen LogP contribution in [-0.4, -0.2) is 47.6 Å². The van der Waals surface area contributed by atoms with Crippen molar-refractivity contribution in [2.24, 2.45) is 0 Å². The number of methoxy groups -OCH3 is 1. The Morgan fingerprint density at radius 2 is 2.19 bits per heavy atom. The maximum absolute atomic E-state index is 13.7. The molecule has 1 saturated heterocycles. The number of aromatic nitrogens is 3. The molecule has 1 aliphatic heterocycles. The van der Waals surface area contributed by atoms with E-state index in [-0.39, 0.29) is 17.7 Å². The standard InChI is InChI=1S/C18H24FN5O2/c1-12-17(22-23-24(12)14-6-8-20-9-7-14)18(25)21-10-5-13-3-4-16(26-2)15(19)11-13/h3-4,11,14,20H,5-10H2,1-2H3,(H,21,25). The van der Waals surface area contributed by atoms with Gasteiger partial charge in [-0.2, -0.15) is 0 Å². The number of benzene rings is 1. The van der Waals surface area contributed by atoms with Gasteiger partial charge in [-0.15, -0.1) is 5.10 Å². The number of nitrogens with one attached hydrogen (secondary N) is 2. The number of rotatable bonds is 6. The summed E-state index contributed by atoms with van der Waals surface area (Å²) in [7, 11) is 1.43. The molecule has 1 amide bonds. The summed E-state index contributed by atoms with van der Waals surface area (Å²) in [6.07, 6.45) is 2.48. The number of carbonyl (C=O) groups is 1. The van der Waals surface area contributed by atoms with Gasteiger partial charge in [0, 0.05) is 6.54 Å². The zero-order valence-corrected chi connectivity index (χ0v) is 15.1. The van der Waals surface area contributed by atoms with Gasteiger partial charge in [-0.1, -0.05) is 11.3 Å². The third-order valence-electron chi connectivity index (χ3n) is 4.71. The summed E-state index contributed by atoms with van der Waals surface area (Å²) in [5, 5.41) is 14.4. The number of piperidine rings is 1. The molecule has 0 spiro atoms. The van der Waals surface area contributed by atoms with Crippen LogP contribution in [0.5, 0.6) is 5.75 Å². The Balaban J connectivity index is 1.57. The highest BCUT2D eigenvalue weighted by molar-refractivity contribution is 5.93. The van der Waals surface area contributed by atoms with Crippen molar-refractivity contribution < 1.29 is 13.9 Å². The van der Waals surface area contributed by atoms with Gasteiger partial charge in [0.15, 0.2) is 17.3 Å². The van der Waals surface area contributed by atoms with Gasteiger partial charge in [0.1, 0.15) is 0 Å². The van der Waals surface area contributed by atoms with E-state index in [0.29, 0.717) is 18.7 Å². The summed E-state index contributed by atoms with van der Waals surface area (Å²) in [5.74, 6) is -0.448. The van der Waals surface area contributed by atoms with Crippen molar-refractivity contribution >= 4 is 5.91 Å². The first-order valence-corrected chi connectivity index (χ1v) is 8.83. The minimum Gasteiger partial charge on any atom is -0.494 e. The fraction of sp³-hybridized carbons (Fsp3) is 0.500. The molecule has 3 rings (SSSR count). The Labute approximate surface area is 151 Å². The molecule has 0 atom stereocenters. The molecular weight excluding hydrogens is 337 g/mol. The molecule has 2 aromatic rings. The van der Waals surface area contributed by atoms with Crippen LogP contribution >= 0.6 is 0 Å². The predicted molar refractivity (Wildman–Crippen MR) is 94.9 cm³/mol. The topological polar surface area (TPSA) is 81.1 Å². The summed E-state index contributed by atoms with van der Waals surface area (Å²) >= 11 is 0. The zero-order chi connectivity index (χ0) is 18.5. The van der Waals surface area contributed by atoms with Crippen LogP contribution < -0.4 is 15.4 Å². The van der Waals surface area contributed by atoms with Crippen LogP contribution in [0.15, 0.2) is 18.2 Å². The maximum Gasteiger partial charge on any atom is 0.273 e. The summed E-state index contributed by atoms with van der Waals surface area (Å²) in [6.45, 7) is 4.16. The Bertz CT molecular complexity index is 771. The molecule has 140 valence electrons. The molecule has 1 aromatic carbocycles. The molecule has 2 heterocycles. The van der Waals surface area contributed by atoms with E-state index in [0.717, 1.165) is 37.2 Å². The third-order valence-corrected chi connectivity index (χ3v) is 4.71. The van der Waals surface area contributed by atoms with E-state index in [1.165, 1.54) is 13.2 Å². The van der Waals surface area contributed by atoms with Gasteiger partial charge >= 0.3 is 0 Å². The first-order chi connectivity index (χ1) is 12.6. The molecule has 1 fully saturated rings. The van der Waals surface area contributed by atoms with Crippen molar-refractivity contribution in [2.45, 2.75) is 32.2 Å². The number of ether oxygens (including phenoxy) is 1. The largest absolute Gasteiger partial charge is 0.494 e. The van der Waals surface area contributed by atoms with Gasteiger partial charge < -0.3 is 15.4 Å². The van der Waals surface area contributed by atoms with Gasteiger partial charge in [-0.3, -0.25) is 4.79 Å². The lowest BCUT2D eigenvalue weighted by molar-refractivity contribution is 0.0948. The van der Waals surface area contributed by atoms with E-state index in [2.05, 4.69) is 20.9 Å². The summed E-state index contributed by atoms with van der Waals surface area (Å²) in [4.78, 5) is 12.4. The first-order valence-electron chi connectivity index (χ1n) is 8.83. The molecule has 0 aliphatic carbocycles. The molecular formula is C18H24FN5O2. The van der Waals surface area contributed by atoms with Crippen LogP contribution in [0.25, 0.3) is 0 Å². The van der Waals surface area contributed by atoms with Gasteiger partial charge in [-0.25, -0.2) is 9.07 Å². The summed E-state index contributed by atoms with van der Waals surface area (Å²) < 4.78 is 20.5. The minimum atomic E-state index is -0.405. The Morgan fingerprint density at radius 3 is 2.88 bits per heavy atom. The Hall–Kier alpha value is -2.48. The monoisotopic (exact) mass is 361 g/mol. The van der Waals surface area contributed by atoms with E-state index in [1.54, 1.807) is 12.1 Å². The molecule has 1 aromatic heterocycles. The second-order valence-electron chi connectivity index (χ2n) is 6.42. The fourth-order valence-electron chi connectivity index (χ4n) is 3.22. The number of amides is 1. The van der Waals surface area contributed by atoms with E-state index in [9.17, 15) is 9.18 Å². The lowest BCUT2D eigenvalue weighted by Crippen LogP contribution is -2.30. The highest BCUT2D eigenvalue weighted by Crippen LogP contribution is 2.20. The smallest absolute Gasteiger partial charge is 0.273 e. The molecule has 8 heteroatoms. The van der Waals surface area contributed by atoms with E-state index < -0.39 is 5.82 Å². The molecule has 0 radical (unpaired) electrons. The van der Waals surface area contributed by atoms with Crippen LogP contribution in [0.1, 0.15) is 40.6 Å². The first kappa shape index (κ1) is 18.3. The van der Waals surface area contributed by atoms with E-state index in [4.69, 9.17) is 4.74 Å². The average Bonchev–Trinajstić information content (AvgIpc) is 3.04. The van der Waals surface area contributed by atoms with Crippen molar-refractivity contribution in [3.05, 3.63) is 41.0 Å². The molecule has 26 heavy (non-hydrogen) atoms. The number of nitrogens with zero attached hydrogens (tertiary/aromatic N) is 3. The minimum absolute atomic E-state index is 0.211. The van der Waals surface area contributed by atoms with Crippen LogP contribution in [0.3, 0.4) is 0 Å². The maximum atomic E-state index is 13.7. The second kappa shape index (κ2) is 8.27. The molecule has 1 aliphatic rings. The van der Waals surface area contributed by atoms with Crippen LogP contribution in [-0.2, 0) is 6.42 Å². The van der Waals surface area contributed by atoms with Crippen molar-refractivity contribution in [1.82, 2.24) is 25.6 Å². The highest BCUT2D eigenvalue weighted by Gasteiger charge is 2.22. The lowest BCUT2D eigenvalue weighted by Gasteiger charge is -2.23. The Kier molecular flexibility index (Phi) is 5.82. The predicted octanol–water partition coefficient (Wildman–Crippen LogP) is 1.63. The van der Waals surface area contributed by atoms with Gasteiger partial charge in [0.25, 0.3) is 5.91 Å². The number of carbonyl (C=O) groups excluding carboxylic acids is 1. The van der Waals surface area contributed by atoms with Crippen molar-refractivity contribution in [3.8, 4) is 5.75 Å². The second-order valence-corrected chi connectivity index (χ2v) is 6.42. The molecule has 0 unspecified atom stereocenters. The SMILES string of the molecule is COc1ccc(CCNC(=O)c2nnn(C3CCNCC3)c2C)cc1F. The van der Waals surface area contributed by atoms with Gasteiger partial charge in [-0.05, 0) is 57.0 Å². The molecule has 7 nitrogen and oxygen atoms in total. The van der Waals surface area contributed by atoms with Crippen molar-refractivity contribution in [1.29, 1.82) is 0 Å². The number of halogens is 1. The van der Waals surface area contributed by atoms with Gasteiger partial charge in [0.05, 0.1) is 18.8 Å². The van der Waals surface area contributed by atoms with Gasteiger partial charge in [0.2, 0.25) is 0 Å². The van der Waals surface area contributed by atoms with E-state index in [1.807, 2.05) is 11.6 Å². The van der Waals surface area contributed by atoms with Crippen LogP contribution in [0.2, 0.25) is 0 Å². The molecule has 0 saturated carbocycles. The highest BCUT2D eigenvalue weighted by atomic mass is 19.1. The molecule has 2 N–H and O–H groups in total.